The number of nitrogens with zero attached hydrogens (tertiary/aromatic N) is 2. The number of aromatic nitrogens is 1. The van der Waals surface area contributed by atoms with Crippen LogP contribution in [-0.4, -0.2) is 46.6 Å². The zero-order valence-corrected chi connectivity index (χ0v) is 21.3. The van der Waals surface area contributed by atoms with Gasteiger partial charge in [-0.15, -0.1) is 0 Å². The Bertz CT molecular complexity index is 1250. The van der Waals surface area contributed by atoms with Gasteiger partial charge in [-0.1, -0.05) is 23.2 Å². The highest BCUT2D eigenvalue weighted by atomic mass is 35.5. The molecule has 4 rings (SSSR count). The van der Waals surface area contributed by atoms with Crippen LogP contribution in [-0.2, 0) is 11.2 Å². The van der Waals surface area contributed by atoms with E-state index in [0.29, 0.717) is 45.9 Å². The fourth-order valence-corrected chi connectivity index (χ4v) is 4.44. The van der Waals surface area contributed by atoms with Gasteiger partial charge in [-0.05, 0) is 79.9 Å². The number of carboxylic acid groups (broad SMARTS) is 1. The van der Waals surface area contributed by atoms with Gasteiger partial charge in [-0.2, -0.15) is 0 Å². The lowest BCUT2D eigenvalue weighted by molar-refractivity contribution is -0.134. The molecule has 1 fully saturated rings. The molecule has 0 unspecified atom stereocenters. The highest BCUT2D eigenvalue weighted by Gasteiger charge is 2.31. The van der Waals surface area contributed by atoms with Crippen molar-refractivity contribution in [1.82, 2.24) is 9.88 Å². The first-order valence-electron chi connectivity index (χ1n) is 11.6. The molecule has 0 radical (unpaired) electrons. The number of hydrogen-bond acceptors (Lipinski definition) is 5. The van der Waals surface area contributed by atoms with Crippen molar-refractivity contribution in [3.8, 4) is 11.5 Å². The van der Waals surface area contributed by atoms with E-state index in [0.717, 1.165) is 18.4 Å². The summed E-state index contributed by atoms with van der Waals surface area (Å²) in [6.07, 6.45) is 1.87. The van der Waals surface area contributed by atoms with Crippen molar-refractivity contribution in [2.75, 3.05) is 19.8 Å². The fraction of sp³-hybridized carbons (Fsp3) is 0.296. The van der Waals surface area contributed by atoms with Crippen LogP contribution in [0.15, 0.2) is 54.6 Å². The molecule has 3 aromatic rings. The lowest BCUT2D eigenvalue weighted by atomic mass is 10.1. The second-order valence-corrected chi connectivity index (χ2v) is 9.38. The predicted molar refractivity (Wildman–Crippen MR) is 137 cm³/mol. The maximum absolute atomic E-state index is 12.9. The zero-order valence-electron chi connectivity index (χ0n) is 19.7. The molecular formula is C27H26Cl2N2O5. The van der Waals surface area contributed by atoms with E-state index in [1.807, 2.05) is 13.0 Å². The number of aryl methyl sites for hydroxylation is 1. The number of benzene rings is 2. The monoisotopic (exact) mass is 528 g/mol. The average molecular weight is 529 g/mol. The van der Waals surface area contributed by atoms with Gasteiger partial charge in [0, 0.05) is 23.0 Å². The van der Waals surface area contributed by atoms with E-state index in [-0.39, 0.29) is 30.7 Å². The Morgan fingerprint density at radius 1 is 1.06 bits per heavy atom. The highest BCUT2D eigenvalue weighted by molar-refractivity contribution is 6.31. The first-order valence-corrected chi connectivity index (χ1v) is 12.4. The Hall–Kier alpha value is -3.29. The summed E-state index contributed by atoms with van der Waals surface area (Å²) in [4.78, 5) is 31.1. The minimum absolute atomic E-state index is 0.105. The molecule has 0 bridgehead atoms. The molecule has 1 amide bonds. The predicted octanol–water partition coefficient (Wildman–Crippen LogP) is 5.76. The number of halogens is 2. The summed E-state index contributed by atoms with van der Waals surface area (Å²) in [7, 11) is 0. The molecule has 36 heavy (non-hydrogen) atoms. The molecule has 1 atom stereocenters. The quantitative estimate of drug-likeness (QED) is 0.379. The maximum Gasteiger partial charge on any atom is 0.337 e. The number of likely N-dealkylation sites (tertiary alicyclic amines) is 1. The molecule has 0 saturated carbocycles. The standard InChI is InChI=1S/C27H26Cl2N2O5/c1-17-15-20(8-10-22(17)29)35-14-12-23-21(27(33)34)9-11-24(30-23)25-3-2-13-31(25)26(32)16-36-19-6-4-18(28)5-7-19/h4-11,15,25H,2-3,12-14,16H2,1H3,(H,33,34)/t25-/m0/s1. The minimum atomic E-state index is -1.05. The lowest BCUT2D eigenvalue weighted by Crippen LogP contribution is -2.35. The van der Waals surface area contributed by atoms with E-state index in [1.165, 1.54) is 0 Å². The van der Waals surface area contributed by atoms with Gasteiger partial charge in [0.1, 0.15) is 11.5 Å². The lowest BCUT2D eigenvalue weighted by Gasteiger charge is -2.25. The van der Waals surface area contributed by atoms with Crippen molar-refractivity contribution in [3.63, 3.8) is 0 Å². The summed E-state index contributed by atoms with van der Waals surface area (Å²) in [5.41, 5.74) is 2.10. The van der Waals surface area contributed by atoms with Crippen molar-refractivity contribution in [2.24, 2.45) is 0 Å². The smallest absolute Gasteiger partial charge is 0.337 e. The Labute approximate surface area is 219 Å². The normalized spacial score (nSPS) is 15.1. The third-order valence-electron chi connectivity index (χ3n) is 6.05. The van der Waals surface area contributed by atoms with Crippen molar-refractivity contribution >= 4 is 35.1 Å². The van der Waals surface area contributed by atoms with Crippen molar-refractivity contribution < 1.29 is 24.2 Å². The average Bonchev–Trinajstić information content (AvgIpc) is 3.36. The molecule has 2 aromatic carbocycles. The van der Waals surface area contributed by atoms with Crippen LogP contribution in [0.1, 0.15) is 46.2 Å². The van der Waals surface area contributed by atoms with Gasteiger partial charge < -0.3 is 19.5 Å². The molecule has 1 saturated heterocycles. The summed E-state index contributed by atoms with van der Waals surface area (Å²) >= 11 is 12.0. The molecular weight excluding hydrogens is 503 g/mol. The molecule has 188 valence electrons. The molecule has 1 N–H and O–H groups in total. The van der Waals surface area contributed by atoms with Crippen LogP contribution in [0.4, 0.5) is 0 Å². The summed E-state index contributed by atoms with van der Waals surface area (Å²) < 4.78 is 11.4. The Kier molecular flexibility index (Phi) is 8.33. The molecule has 1 aliphatic rings. The van der Waals surface area contributed by atoms with Crippen molar-refractivity contribution in [3.05, 3.63) is 87.2 Å². The fourth-order valence-electron chi connectivity index (χ4n) is 4.19. The SMILES string of the molecule is Cc1cc(OCCc2nc([C@@H]3CCCN3C(=O)COc3ccc(Cl)cc3)ccc2C(=O)O)ccc1Cl. The van der Waals surface area contributed by atoms with Crippen LogP contribution in [0, 0.1) is 6.92 Å². The van der Waals surface area contributed by atoms with Gasteiger partial charge in [0.2, 0.25) is 0 Å². The topological polar surface area (TPSA) is 89.0 Å². The maximum atomic E-state index is 12.9. The second kappa shape index (κ2) is 11.6. The van der Waals surface area contributed by atoms with Crippen LogP contribution < -0.4 is 9.47 Å². The van der Waals surface area contributed by atoms with E-state index in [9.17, 15) is 14.7 Å². The first-order chi connectivity index (χ1) is 17.3. The van der Waals surface area contributed by atoms with Gasteiger partial charge in [-0.3, -0.25) is 9.78 Å². The van der Waals surface area contributed by atoms with Crippen LogP contribution in [0.3, 0.4) is 0 Å². The largest absolute Gasteiger partial charge is 0.493 e. The first kappa shape index (κ1) is 25.8. The van der Waals surface area contributed by atoms with Gasteiger partial charge in [0.25, 0.3) is 5.91 Å². The summed E-state index contributed by atoms with van der Waals surface area (Å²) in [6.45, 7) is 2.62. The number of amides is 1. The molecule has 7 nitrogen and oxygen atoms in total. The molecule has 1 aliphatic heterocycles. The number of hydrogen-bond donors (Lipinski definition) is 1. The van der Waals surface area contributed by atoms with Crippen molar-refractivity contribution in [1.29, 1.82) is 0 Å². The van der Waals surface area contributed by atoms with Crippen LogP contribution >= 0.6 is 23.2 Å². The number of carbonyl (C=O) groups is 2. The Balaban J connectivity index is 1.44. The van der Waals surface area contributed by atoms with Crippen LogP contribution in [0.5, 0.6) is 11.5 Å². The van der Waals surface area contributed by atoms with Gasteiger partial charge in [0.15, 0.2) is 6.61 Å². The number of pyridine rings is 1. The van der Waals surface area contributed by atoms with E-state index in [2.05, 4.69) is 4.98 Å². The number of carbonyl (C=O) groups excluding carboxylic acids is 1. The minimum Gasteiger partial charge on any atom is -0.493 e. The molecule has 2 heterocycles. The zero-order chi connectivity index (χ0) is 25.7. The summed E-state index contributed by atoms with van der Waals surface area (Å²) in [5.74, 6) is 0.00504. The number of rotatable bonds is 9. The van der Waals surface area contributed by atoms with Gasteiger partial charge in [-0.25, -0.2) is 4.79 Å². The number of ether oxygens (including phenoxy) is 2. The van der Waals surface area contributed by atoms with E-state index < -0.39 is 5.97 Å². The van der Waals surface area contributed by atoms with E-state index >= 15 is 0 Å². The van der Waals surface area contributed by atoms with Crippen molar-refractivity contribution in [2.45, 2.75) is 32.2 Å². The molecule has 0 spiro atoms. The third-order valence-corrected chi connectivity index (χ3v) is 6.73. The third kappa shape index (κ3) is 6.28. The Morgan fingerprint density at radius 2 is 1.81 bits per heavy atom. The van der Waals surface area contributed by atoms with E-state index in [1.54, 1.807) is 53.4 Å². The van der Waals surface area contributed by atoms with Gasteiger partial charge >= 0.3 is 5.97 Å². The van der Waals surface area contributed by atoms with Gasteiger partial charge in [0.05, 0.1) is 29.6 Å². The molecule has 9 heteroatoms. The molecule has 0 aliphatic carbocycles. The number of aromatic carboxylic acids is 1. The molecule has 1 aromatic heterocycles. The highest BCUT2D eigenvalue weighted by Crippen LogP contribution is 2.32. The summed E-state index contributed by atoms with van der Waals surface area (Å²) in [5, 5.41) is 10.9. The number of carboxylic acids is 1. The van der Waals surface area contributed by atoms with Crippen LogP contribution in [0.2, 0.25) is 10.0 Å². The second-order valence-electron chi connectivity index (χ2n) is 8.53. The summed E-state index contributed by atoms with van der Waals surface area (Å²) in [6, 6.07) is 15.2. The van der Waals surface area contributed by atoms with E-state index in [4.69, 9.17) is 32.7 Å². The van der Waals surface area contributed by atoms with Crippen LogP contribution in [0.25, 0.3) is 0 Å². The Morgan fingerprint density at radius 3 is 2.53 bits per heavy atom.